The van der Waals surface area contributed by atoms with Crippen molar-refractivity contribution in [1.29, 1.82) is 0 Å². The highest BCUT2D eigenvalue weighted by molar-refractivity contribution is 9.10. The zero-order valence-corrected chi connectivity index (χ0v) is 19.6. The summed E-state index contributed by atoms with van der Waals surface area (Å²) < 4.78 is 8.34. The van der Waals surface area contributed by atoms with E-state index in [2.05, 4.69) is 31.3 Å². The highest BCUT2D eigenvalue weighted by atomic mass is 79.9. The van der Waals surface area contributed by atoms with Gasteiger partial charge in [-0.3, -0.25) is 4.79 Å². The molecule has 162 valence electrons. The van der Waals surface area contributed by atoms with Gasteiger partial charge < -0.3 is 10.1 Å². The van der Waals surface area contributed by atoms with Crippen LogP contribution in [0.4, 0.5) is 5.69 Å². The number of carbonyl (C=O) groups is 1. The molecule has 0 saturated heterocycles. The molecule has 3 aromatic carbocycles. The maximum Gasteiger partial charge on any atom is 0.336 e. The van der Waals surface area contributed by atoms with Gasteiger partial charge in [-0.15, -0.1) is 5.10 Å². The lowest BCUT2D eigenvalue weighted by atomic mass is 10.1. The Bertz CT molecular complexity index is 1230. The third kappa shape index (κ3) is 5.06. The van der Waals surface area contributed by atoms with E-state index >= 15 is 0 Å². The summed E-state index contributed by atoms with van der Waals surface area (Å²) in [6, 6.07) is 23.2. The number of nitrogens with one attached hydrogen (secondary N) is 1. The van der Waals surface area contributed by atoms with Crippen molar-refractivity contribution in [3.05, 3.63) is 88.4 Å². The quantitative estimate of drug-likeness (QED) is 0.357. The standard InChI is InChI=1S/C25H23BrN4O2/c1-16(2)32-25-28-23(18-9-7-17(3)8-10-18)30(29-25)22-13-11-21(12-14-22)27-24(31)19-5-4-6-20(26)15-19/h4-16H,1-3H3,(H,27,31). The molecule has 0 unspecified atom stereocenters. The number of aryl methyl sites for hydroxylation is 1. The van der Waals surface area contributed by atoms with Crippen LogP contribution in [0.3, 0.4) is 0 Å². The Morgan fingerprint density at radius 3 is 2.41 bits per heavy atom. The molecule has 4 rings (SSSR count). The Morgan fingerprint density at radius 1 is 1.03 bits per heavy atom. The summed E-state index contributed by atoms with van der Waals surface area (Å²) >= 11 is 3.39. The molecular formula is C25H23BrN4O2. The van der Waals surface area contributed by atoms with Gasteiger partial charge in [0.05, 0.1) is 11.8 Å². The van der Waals surface area contributed by atoms with Gasteiger partial charge in [0.15, 0.2) is 5.82 Å². The number of nitrogens with zero attached hydrogens (tertiary/aromatic N) is 3. The lowest BCUT2D eigenvalue weighted by Crippen LogP contribution is -2.11. The monoisotopic (exact) mass is 490 g/mol. The Hall–Kier alpha value is -3.45. The van der Waals surface area contributed by atoms with E-state index in [0.29, 0.717) is 23.1 Å². The van der Waals surface area contributed by atoms with Crippen LogP contribution in [0.2, 0.25) is 0 Å². The van der Waals surface area contributed by atoms with Crippen LogP contribution in [-0.4, -0.2) is 26.8 Å². The van der Waals surface area contributed by atoms with E-state index in [4.69, 9.17) is 4.74 Å². The normalized spacial score (nSPS) is 10.9. The molecule has 0 spiro atoms. The molecule has 4 aromatic rings. The van der Waals surface area contributed by atoms with E-state index in [1.807, 2.05) is 81.4 Å². The lowest BCUT2D eigenvalue weighted by molar-refractivity contribution is 0.102. The zero-order chi connectivity index (χ0) is 22.7. The van der Waals surface area contributed by atoms with E-state index in [-0.39, 0.29) is 12.0 Å². The summed E-state index contributed by atoms with van der Waals surface area (Å²) in [5.74, 6) is 0.513. The first-order valence-electron chi connectivity index (χ1n) is 10.3. The van der Waals surface area contributed by atoms with Gasteiger partial charge in [-0.1, -0.05) is 51.8 Å². The van der Waals surface area contributed by atoms with Gasteiger partial charge in [-0.05, 0) is 63.2 Å². The number of hydrogen-bond acceptors (Lipinski definition) is 4. The molecule has 0 saturated carbocycles. The first kappa shape index (κ1) is 21.8. The molecule has 1 aromatic heterocycles. The van der Waals surface area contributed by atoms with Gasteiger partial charge in [0.1, 0.15) is 0 Å². The van der Waals surface area contributed by atoms with Gasteiger partial charge in [-0.2, -0.15) is 4.98 Å². The largest absolute Gasteiger partial charge is 0.460 e. The van der Waals surface area contributed by atoms with Crippen molar-refractivity contribution in [3.63, 3.8) is 0 Å². The van der Waals surface area contributed by atoms with Gasteiger partial charge >= 0.3 is 6.01 Å². The zero-order valence-electron chi connectivity index (χ0n) is 18.0. The highest BCUT2D eigenvalue weighted by Crippen LogP contribution is 2.25. The second-order valence-electron chi connectivity index (χ2n) is 7.67. The highest BCUT2D eigenvalue weighted by Gasteiger charge is 2.16. The third-order valence-corrected chi connectivity index (χ3v) is 5.19. The fraction of sp³-hybridized carbons (Fsp3) is 0.160. The molecule has 0 atom stereocenters. The summed E-state index contributed by atoms with van der Waals surface area (Å²) in [6.07, 6.45) is -0.0349. The number of rotatable bonds is 6. The molecule has 0 radical (unpaired) electrons. The van der Waals surface area contributed by atoms with E-state index < -0.39 is 0 Å². The SMILES string of the molecule is Cc1ccc(-c2nc(OC(C)C)nn2-c2ccc(NC(=O)c3cccc(Br)c3)cc2)cc1. The van der Waals surface area contributed by atoms with E-state index in [1.165, 1.54) is 5.56 Å². The summed E-state index contributed by atoms with van der Waals surface area (Å²) in [6.45, 7) is 5.92. The molecule has 0 bridgehead atoms. The Labute approximate surface area is 195 Å². The molecule has 0 fully saturated rings. The van der Waals surface area contributed by atoms with Crippen LogP contribution in [0.15, 0.2) is 77.3 Å². The molecule has 7 heteroatoms. The number of ether oxygens (including phenoxy) is 1. The van der Waals surface area contributed by atoms with Crippen molar-refractivity contribution in [1.82, 2.24) is 14.8 Å². The third-order valence-electron chi connectivity index (χ3n) is 4.70. The van der Waals surface area contributed by atoms with E-state index in [9.17, 15) is 4.79 Å². The summed E-state index contributed by atoms with van der Waals surface area (Å²) in [7, 11) is 0. The lowest BCUT2D eigenvalue weighted by Gasteiger charge is -2.09. The van der Waals surface area contributed by atoms with Crippen LogP contribution in [0.1, 0.15) is 29.8 Å². The van der Waals surface area contributed by atoms with Gasteiger partial charge in [0, 0.05) is 21.3 Å². The van der Waals surface area contributed by atoms with Crippen molar-refractivity contribution in [2.45, 2.75) is 26.9 Å². The first-order chi connectivity index (χ1) is 15.4. The predicted molar refractivity (Wildman–Crippen MR) is 129 cm³/mol. The Kier molecular flexibility index (Phi) is 6.37. The predicted octanol–water partition coefficient (Wildman–Crippen LogP) is 6.04. The topological polar surface area (TPSA) is 69.0 Å². The van der Waals surface area contributed by atoms with Crippen molar-refractivity contribution in [3.8, 4) is 23.1 Å². The van der Waals surface area contributed by atoms with Crippen LogP contribution in [-0.2, 0) is 0 Å². The molecule has 0 aliphatic heterocycles. The average molecular weight is 491 g/mol. The van der Waals surface area contributed by atoms with Crippen molar-refractivity contribution in [2.75, 3.05) is 5.32 Å². The number of hydrogen-bond donors (Lipinski definition) is 1. The fourth-order valence-corrected chi connectivity index (χ4v) is 3.54. The molecule has 1 heterocycles. The maximum atomic E-state index is 12.5. The molecule has 0 aliphatic rings. The molecule has 1 amide bonds. The smallest absolute Gasteiger partial charge is 0.336 e. The number of amides is 1. The van der Waals surface area contributed by atoms with Crippen molar-refractivity contribution in [2.24, 2.45) is 0 Å². The van der Waals surface area contributed by atoms with Gasteiger partial charge in [0.2, 0.25) is 0 Å². The number of aromatic nitrogens is 3. The fourth-order valence-electron chi connectivity index (χ4n) is 3.14. The number of benzene rings is 3. The second-order valence-corrected chi connectivity index (χ2v) is 8.59. The summed E-state index contributed by atoms with van der Waals surface area (Å²) in [5, 5.41) is 7.48. The number of anilines is 1. The molecule has 0 aliphatic carbocycles. The number of halogens is 1. The molecule has 6 nitrogen and oxygen atoms in total. The Morgan fingerprint density at radius 2 is 1.75 bits per heavy atom. The van der Waals surface area contributed by atoms with Crippen molar-refractivity contribution < 1.29 is 9.53 Å². The minimum Gasteiger partial charge on any atom is -0.460 e. The van der Waals surface area contributed by atoms with Crippen LogP contribution >= 0.6 is 15.9 Å². The minimum atomic E-state index is -0.173. The van der Waals surface area contributed by atoms with Crippen LogP contribution < -0.4 is 10.1 Å². The van der Waals surface area contributed by atoms with E-state index in [1.54, 1.807) is 16.8 Å². The molecule has 32 heavy (non-hydrogen) atoms. The van der Waals surface area contributed by atoms with E-state index in [0.717, 1.165) is 15.7 Å². The Balaban J connectivity index is 1.62. The summed E-state index contributed by atoms with van der Waals surface area (Å²) in [5.41, 5.74) is 4.19. The number of carbonyl (C=O) groups excluding carboxylic acids is 1. The van der Waals surface area contributed by atoms with Crippen molar-refractivity contribution >= 4 is 27.5 Å². The minimum absolute atomic E-state index is 0.0349. The average Bonchev–Trinajstić information content (AvgIpc) is 3.17. The second kappa shape index (κ2) is 9.36. The van der Waals surface area contributed by atoms with Gasteiger partial charge in [0.25, 0.3) is 5.91 Å². The molecule has 1 N–H and O–H groups in total. The van der Waals surface area contributed by atoms with Gasteiger partial charge in [-0.25, -0.2) is 4.68 Å². The van der Waals surface area contributed by atoms with Crippen LogP contribution in [0.25, 0.3) is 17.1 Å². The summed E-state index contributed by atoms with van der Waals surface area (Å²) in [4.78, 5) is 17.1. The van der Waals surface area contributed by atoms with Crippen LogP contribution in [0.5, 0.6) is 6.01 Å². The maximum absolute atomic E-state index is 12.5. The first-order valence-corrected chi connectivity index (χ1v) is 11.1. The molecular weight excluding hydrogens is 468 g/mol. The van der Waals surface area contributed by atoms with Crippen LogP contribution in [0, 0.1) is 6.92 Å².